The highest BCUT2D eigenvalue weighted by Crippen LogP contribution is 2.13. The van der Waals surface area contributed by atoms with E-state index in [1.165, 1.54) is 37.7 Å². The number of nitrogens with zero attached hydrogens (tertiary/aromatic N) is 1. The normalized spacial score (nSPS) is 14.9. The summed E-state index contributed by atoms with van der Waals surface area (Å²) in [7, 11) is 0. The van der Waals surface area contributed by atoms with Gasteiger partial charge >= 0.3 is 11.9 Å². The van der Waals surface area contributed by atoms with E-state index in [1.54, 1.807) is 62.6 Å². The first kappa shape index (κ1) is 66.6. The van der Waals surface area contributed by atoms with Crippen LogP contribution in [0.5, 0.6) is 5.75 Å². The van der Waals surface area contributed by atoms with Gasteiger partial charge in [-0.1, -0.05) is 56.3 Å². The van der Waals surface area contributed by atoms with Gasteiger partial charge in [-0.15, -0.1) is 0 Å². The number of hydrogen-bond donors (Lipinski definition) is 16. The number of benzene rings is 2. The second-order valence-electron chi connectivity index (χ2n) is 18.8. The number of nitrogens with two attached hydrogens (primary N) is 3. The zero-order chi connectivity index (χ0) is 58.6. The van der Waals surface area contributed by atoms with Crippen molar-refractivity contribution in [2.75, 3.05) is 25.2 Å². The molecule has 0 heterocycles. The van der Waals surface area contributed by atoms with E-state index in [4.69, 9.17) is 17.2 Å². The topological polar surface area (TPSA) is 459 Å². The third-order valence-corrected chi connectivity index (χ3v) is 12.3. The fraction of sp³-hybridized carbons (Fsp3) is 0.540. The summed E-state index contributed by atoms with van der Waals surface area (Å²) >= 11 is 1.28. The number of carbonyl (C=O) groups excluding carboxylic acids is 8. The van der Waals surface area contributed by atoms with Gasteiger partial charge in [0, 0.05) is 19.4 Å². The largest absolute Gasteiger partial charge is 0.508 e. The Labute approximate surface area is 455 Å². The molecule has 0 bridgehead atoms. The molecule has 0 saturated heterocycles. The van der Waals surface area contributed by atoms with Gasteiger partial charge in [-0.2, -0.15) is 11.8 Å². The van der Waals surface area contributed by atoms with Crippen molar-refractivity contribution < 1.29 is 73.5 Å². The Morgan fingerprint density at radius 2 is 1.10 bits per heavy atom. The van der Waals surface area contributed by atoms with E-state index in [2.05, 4.69) is 47.5 Å². The third kappa shape index (κ3) is 24.6. The Morgan fingerprint density at radius 1 is 0.590 bits per heavy atom. The first-order chi connectivity index (χ1) is 36.8. The summed E-state index contributed by atoms with van der Waals surface area (Å²) in [5.74, 6) is -10.6. The first-order valence-corrected chi connectivity index (χ1v) is 26.4. The molecule has 0 spiro atoms. The average Bonchev–Trinajstić information content (AvgIpc) is 3.37. The Morgan fingerprint density at radius 3 is 1.64 bits per heavy atom. The number of carboxylic acids is 2. The maximum absolute atomic E-state index is 14.3. The van der Waals surface area contributed by atoms with E-state index in [-0.39, 0.29) is 68.4 Å². The first-order valence-electron chi connectivity index (χ1n) is 25.0. The molecule has 19 N–H and O–H groups in total. The van der Waals surface area contributed by atoms with Crippen LogP contribution in [0.15, 0.2) is 59.6 Å². The van der Waals surface area contributed by atoms with Crippen LogP contribution in [-0.2, 0) is 60.8 Å². The van der Waals surface area contributed by atoms with Gasteiger partial charge in [-0.05, 0) is 93.6 Å². The van der Waals surface area contributed by atoms with Crippen LogP contribution >= 0.6 is 11.8 Å². The van der Waals surface area contributed by atoms with Crippen molar-refractivity contribution in [3.63, 3.8) is 0 Å². The minimum Gasteiger partial charge on any atom is -0.508 e. The maximum atomic E-state index is 14.3. The standard InChI is InChI=1S/C50H76N12O15S/c1-26(2)22-36(45(72)58-35(49(76)77)12-9-20-54-50(52)53)59-47(74)38(25-63)61-43(70)33(17-18-39(66)67)56-44(71)34(19-21-78-5)57-46(73)37(24-29-10-7-6-8-11-29)60-48(75)40(28(4)64)62-41(68)27(3)55-42(69)32(51)23-30-13-15-31(65)16-14-30/h6-8,10-11,13-16,26-28,32-38,40,63-65H,9,12,17-25,51H2,1-5H3,(H,55,69)(H,56,71)(H,57,73)(H,58,72)(H,59,74)(H,60,75)(H,61,70)(H,62,68)(H,66,67)(H,76,77)(H4,52,53,54)/t27-,28+,32-,33-,34-,35-,36-,37-,38-,40-/m0/s1. The molecule has 0 aromatic heterocycles. The summed E-state index contributed by atoms with van der Waals surface area (Å²) in [5, 5.41) is 69.2. The number of carboxylic acid groups (broad SMARTS) is 2. The highest BCUT2D eigenvalue weighted by molar-refractivity contribution is 7.98. The number of aliphatic hydroxyl groups is 2. The molecule has 432 valence electrons. The smallest absolute Gasteiger partial charge is 0.326 e. The maximum Gasteiger partial charge on any atom is 0.326 e. The number of phenols is 1. The molecule has 8 amide bonds. The van der Waals surface area contributed by atoms with Gasteiger partial charge in [0.05, 0.1) is 18.8 Å². The molecule has 0 fully saturated rings. The zero-order valence-corrected chi connectivity index (χ0v) is 45.0. The van der Waals surface area contributed by atoms with Crippen molar-refractivity contribution >= 4 is 76.9 Å². The fourth-order valence-electron chi connectivity index (χ4n) is 7.43. The zero-order valence-electron chi connectivity index (χ0n) is 44.2. The SMILES string of the molecule is CSCC[C@H](NC(=O)[C@H](Cc1ccccc1)NC(=O)[C@@H](NC(=O)[C@H](C)NC(=O)[C@@H](N)Cc1ccc(O)cc1)[C@@H](C)O)C(=O)N[C@@H](CCC(=O)O)C(=O)N[C@@H](CO)C(=O)N[C@@H](CC(C)C)C(=O)N[C@@H](CCCN=C(N)N)C(=O)O. The van der Waals surface area contributed by atoms with Crippen LogP contribution in [0.1, 0.15) is 77.3 Å². The number of aliphatic imine (C=N–C) groups is 1. The number of guanidine groups is 1. The lowest BCUT2D eigenvalue weighted by molar-refractivity contribution is -0.142. The fourth-order valence-corrected chi connectivity index (χ4v) is 7.90. The lowest BCUT2D eigenvalue weighted by Crippen LogP contribution is -2.62. The molecule has 28 heteroatoms. The van der Waals surface area contributed by atoms with Crippen molar-refractivity contribution in [1.82, 2.24) is 42.5 Å². The summed E-state index contributed by atoms with van der Waals surface area (Å²) < 4.78 is 0. The Kier molecular flexibility index (Phi) is 29.2. The summed E-state index contributed by atoms with van der Waals surface area (Å²) in [6, 6.07) is 1.05. The van der Waals surface area contributed by atoms with E-state index in [1.807, 2.05) is 0 Å². The van der Waals surface area contributed by atoms with Gasteiger partial charge in [0.1, 0.15) is 54.1 Å². The minimum absolute atomic E-state index is 0.0141. The number of aliphatic hydroxyl groups excluding tert-OH is 2. The number of aromatic hydroxyl groups is 1. The monoisotopic (exact) mass is 1120 g/mol. The van der Waals surface area contributed by atoms with Crippen LogP contribution in [0.25, 0.3) is 0 Å². The van der Waals surface area contributed by atoms with Crippen LogP contribution in [0.3, 0.4) is 0 Å². The van der Waals surface area contributed by atoms with E-state index in [0.717, 1.165) is 0 Å². The van der Waals surface area contributed by atoms with Crippen molar-refractivity contribution in [2.45, 2.75) is 140 Å². The van der Waals surface area contributed by atoms with Gasteiger partial charge < -0.3 is 85.3 Å². The van der Waals surface area contributed by atoms with Crippen LogP contribution in [0.2, 0.25) is 0 Å². The summed E-state index contributed by atoms with van der Waals surface area (Å²) in [6.07, 6.45) is -1.21. The van der Waals surface area contributed by atoms with Crippen molar-refractivity contribution in [3.8, 4) is 5.75 Å². The molecule has 0 radical (unpaired) electrons. The minimum atomic E-state index is -1.79. The van der Waals surface area contributed by atoms with Gasteiger partial charge in [0.2, 0.25) is 47.3 Å². The molecular formula is C50H76N12O15S. The molecule has 0 aliphatic heterocycles. The number of carbonyl (C=O) groups is 10. The lowest BCUT2D eigenvalue weighted by atomic mass is 10.0. The molecule has 2 aromatic rings. The number of aliphatic carboxylic acids is 2. The Bertz CT molecular complexity index is 2360. The Balaban J connectivity index is 2.33. The van der Waals surface area contributed by atoms with Crippen molar-refractivity contribution in [3.05, 3.63) is 65.7 Å². The molecule has 0 unspecified atom stereocenters. The number of phenolic OH excluding ortho intramolecular Hbond substituents is 1. The molecule has 2 aromatic carbocycles. The predicted octanol–water partition coefficient (Wildman–Crippen LogP) is -3.42. The molecule has 0 aliphatic carbocycles. The molecule has 0 saturated carbocycles. The molecule has 27 nitrogen and oxygen atoms in total. The lowest BCUT2D eigenvalue weighted by Gasteiger charge is -2.28. The summed E-state index contributed by atoms with van der Waals surface area (Å²) in [4.78, 5) is 137. The van der Waals surface area contributed by atoms with Gasteiger partial charge in [0.15, 0.2) is 5.96 Å². The second kappa shape index (κ2) is 34.3. The van der Waals surface area contributed by atoms with Crippen LogP contribution < -0.4 is 59.7 Å². The quantitative estimate of drug-likeness (QED) is 0.0182. The number of amides is 8. The summed E-state index contributed by atoms with van der Waals surface area (Å²) in [6.45, 7) is 4.98. The van der Waals surface area contributed by atoms with Gasteiger partial charge in [-0.3, -0.25) is 48.1 Å². The third-order valence-electron chi connectivity index (χ3n) is 11.7. The number of rotatable bonds is 35. The van der Waals surface area contributed by atoms with Crippen molar-refractivity contribution in [1.29, 1.82) is 0 Å². The van der Waals surface area contributed by atoms with E-state index < -0.39 is 139 Å². The molecule has 0 aliphatic rings. The van der Waals surface area contributed by atoms with Gasteiger partial charge in [-0.25, -0.2) is 4.79 Å². The van der Waals surface area contributed by atoms with Gasteiger partial charge in [0.25, 0.3) is 0 Å². The molecule has 2 rings (SSSR count). The highest BCUT2D eigenvalue weighted by atomic mass is 32.2. The van der Waals surface area contributed by atoms with E-state index in [0.29, 0.717) is 11.1 Å². The number of thioether (sulfide) groups is 1. The van der Waals surface area contributed by atoms with Crippen molar-refractivity contribution in [2.24, 2.45) is 28.1 Å². The van der Waals surface area contributed by atoms with E-state index >= 15 is 0 Å². The van der Waals surface area contributed by atoms with E-state index in [9.17, 15) is 73.5 Å². The average molecular weight is 1120 g/mol. The Hall–Kier alpha value is -7.56. The second-order valence-corrected chi connectivity index (χ2v) is 19.8. The van der Waals surface area contributed by atoms with Crippen LogP contribution in [0, 0.1) is 5.92 Å². The predicted molar refractivity (Wildman–Crippen MR) is 287 cm³/mol. The van der Waals surface area contributed by atoms with Crippen LogP contribution in [0.4, 0.5) is 0 Å². The van der Waals surface area contributed by atoms with Crippen LogP contribution in [-0.4, -0.2) is 176 Å². The molecule has 10 atom stereocenters. The highest BCUT2D eigenvalue weighted by Gasteiger charge is 2.36. The number of hydrogen-bond acceptors (Lipinski definition) is 16. The number of nitrogens with one attached hydrogen (secondary N) is 8. The summed E-state index contributed by atoms with van der Waals surface area (Å²) in [5.41, 5.74) is 17.8. The molecular weight excluding hydrogens is 1040 g/mol. The molecule has 78 heavy (non-hydrogen) atoms.